The number of hydrogen-bond acceptors (Lipinski definition) is 4. The van der Waals surface area contributed by atoms with Gasteiger partial charge in [0.2, 0.25) is 0 Å². The molecule has 0 unspecified atom stereocenters. The van der Waals surface area contributed by atoms with Crippen molar-refractivity contribution in [3.05, 3.63) is 41.5 Å². The third-order valence-electron chi connectivity index (χ3n) is 2.73. The van der Waals surface area contributed by atoms with Crippen LogP contribution in [-0.4, -0.2) is 23.5 Å². The van der Waals surface area contributed by atoms with Crippen LogP contribution in [0.25, 0.3) is 10.8 Å². The molecule has 4 nitrogen and oxygen atoms in total. The van der Waals surface area contributed by atoms with Gasteiger partial charge in [0.25, 0.3) is 0 Å². The molecule has 0 aromatic heterocycles. The molecule has 0 atom stereocenters. The van der Waals surface area contributed by atoms with Crippen molar-refractivity contribution in [1.29, 1.82) is 0 Å². The number of esters is 1. The molecule has 0 amide bonds. The van der Waals surface area contributed by atoms with Crippen molar-refractivity contribution in [2.24, 2.45) is 0 Å². The maximum Gasteiger partial charge on any atom is 0.338 e. The molecule has 0 radical (unpaired) electrons. The molecule has 0 bridgehead atoms. The molecule has 98 valence electrons. The highest BCUT2D eigenvalue weighted by molar-refractivity contribution is 6.03. The molecule has 0 aliphatic carbocycles. The first-order chi connectivity index (χ1) is 9.02. The zero-order valence-corrected chi connectivity index (χ0v) is 10.7. The fourth-order valence-corrected chi connectivity index (χ4v) is 1.88. The number of phenolic OH excluding ortho intramolecular Hbond substituents is 1. The second-order valence-corrected chi connectivity index (χ2v) is 4.51. The van der Waals surface area contributed by atoms with E-state index in [1.54, 1.807) is 38.1 Å². The molecule has 2 aromatic carbocycles. The molecule has 0 saturated heterocycles. The lowest BCUT2D eigenvalue weighted by molar-refractivity contribution is 0.0378. The minimum absolute atomic E-state index is 0.0694. The third kappa shape index (κ3) is 2.57. The van der Waals surface area contributed by atoms with Crippen molar-refractivity contribution in [2.75, 3.05) is 0 Å². The van der Waals surface area contributed by atoms with Crippen molar-refractivity contribution in [3.63, 3.8) is 0 Å². The van der Waals surface area contributed by atoms with E-state index in [2.05, 4.69) is 0 Å². The van der Waals surface area contributed by atoms with E-state index in [0.717, 1.165) is 0 Å². The van der Waals surface area contributed by atoms with Gasteiger partial charge < -0.3 is 9.84 Å². The summed E-state index contributed by atoms with van der Waals surface area (Å²) in [7, 11) is 0. The SMILES string of the molecule is CC(C)OC(=O)c1ccc2c(C=O)c(O)ccc2c1. The molecular formula is C15H14O4. The molecule has 0 aliphatic rings. The van der Waals surface area contributed by atoms with E-state index in [4.69, 9.17) is 4.74 Å². The number of carbonyl (C=O) groups excluding carboxylic acids is 2. The van der Waals surface area contributed by atoms with Gasteiger partial charge in [-0.1, -0.05) is 12.1 Å². The van der Waals surface area contributed by atoms with E-state index >= 15 is 0 Å². The molecule has 2 aromatic rings. The van der Waals surface area contributed by atoms with E-state index in [9.17, 15) is 14.7 Å². The number of benzene rings is 2. The van der Waals surface area contributed by atoms with Gasteiger partial charge in [0.1, 0.15) is 5.75 Å². The Kier molecular flexibility index (Phi) is 3.51. The van der Waals surface area contributed by atoms with Crippen LogP contribution in [0.15, 0.2) is 30.3 Å². The van der Waals surface area contributed by atoms with Gasteiger partial charge in [-0.05, 0) is 42.8 Å². The lowest BCUT2D eigenvalue weighted by atomic mass is 10.0. The second-order valence-electron chi connectivity index (χ2n) is 4.51. The van der Waals surface area contributed by atoms with Crippen LogP contribution in [0.2, 0.25) is 0 Å². The zero-order chi connectivity index (χ0) is 14.0. The molecular weight excluding hydrogens is 244 g/mol. The summed E-state index contributed by atoms with van der Waals surface area (Å²) in [5.74, 6) is -0.474. The number of rotatable bonds is 3. The molecule has 2 rings (SSSR count). The molecule has 0 heterocycles. The first-order valence-electron chi connectivity index (χ1n) is 5.95. The molecule has 1 N–H and O–H groups in total. The monoisotopic (exact) mass is 258 g/mol. The van der Waals surface area contributed by atoms with Crippen molar-refractivity contribution in [1.82, 2.24) is 0 Å². The van der Waals surface area contributed by atoms with Gasteiger partial charge >= 0.3 is 5.97 Å². The maximum atomic E-state index is 11.8. The minimum Gasteiger partial charge on any atom is -0.507 e. The summed E-state index contributed by atoms with van der Waals surface area (Å²) in [6, 6.07) is 7.95. The molecule has 0 spiro atoms. The third-order valence-corrected chi connectivity index (χ3v) is 2.73. The van der Waals surface area contributed by atoms with Crippen molar-refractivity contribution >= 4 is 23.0 Å². The fraction of sp³-hybridized carbons (Fsp3) is 0.200. The van der Waals surface area contributed by atoms with Gasteiger partial charge in [-0.15, -0.1) is 0 Å². The maximum absolute atomic E-state index is 11.8. The average Bonchev–Trinajstić information content (AvgIpc) is 2.37. The first kappa shape index (κ1) is 13.1. The quantitative estimate of drug-likeness (QED) is 0.679. The van der Waals surface area contributed by atoms with E-state index in [1.807, 2.05) is 0 Å². The number of fused-ring (bicyclic) bond motifs is 1. The Morgan fingerprint density at radius 1 is 1.26 bits per heavy atom. The largest absolute Gasteiger partial charge is 0.507 e. The van der Waals surface area contributed by atoms with E-state index in [1.165, 1.54) is 6.07 Å². The highest BCUT2D eigenvalue weighted by Crippen LogP contribution is 2.26. The van der Waals surface area contributed by atoms with Gasteiger partial charge in [-0.3, -0.25) is 4.79 Å². The highest BCUT2D eigenvalue weighted by Gasteiger charge is 2.12. The minimum atomic E-state index is -0.405. The summed E-state index contributed by atoms with van der Waals surface area (Å²) in [5.41, 5.74) is 0.644. The Morgan fingerprint density at radius 2 is 2.00 bits per heavy atom. The van der Waals surface area contributed by atoms with Crippen molar-refractivity contribution in [3.8, 4) is 5.75 Å². The van der Waals surface area contributed by atoms with Crippen LogP contribution in [0.5, 0.6) is 5.75 Å². The Labute approximate surface area is 110 Å². The molecule has 0 saturated carbocycles. The van der Waals surface area contributed by atoms with Crippen LogP contribution in [-0.2, 0) is 4.74 Å². The fourth-order valence-electron chi connectivity index (χ4n) is 1.88. The van der Waals surface area contributed by atoms with E-state index < -0.39 is 5.97 Å². The first-order valence-corrected chi connectivity index (χ1v) is 5.95. The summed E-state index contributed by atoms with van der Waals surface area (Å²) >= 11 is 0. The smallest absolute Gasteiger partial charge is 0.338 e. The number of carbonyl (C=O) groups is 2. The average molecular weight is 258 g/mol. The number of aromatic hydroxyl groups is 1. The zero-order valence-electron chi connectivity index (χ0n) is 10.7. The molecule has 0 fully saturated rings. The summed E-state index contributed by atoms with van der Waals surface area (Å²) in [5, 5.41) is 10.9. The molecule has 0 aliphatic heterocycles. The Bertz CT molecular complexity index is 644. The van der Waals surface area contributed by atoms with E-state index in [0.29, 0.717) is 22.6 Å². The number of aldehydes is 1. The molecule has 19 heavy (non-hydrogen) atoms. The van der Waals surface area contributed by atoms with Crippen LogP contribution in [0, 0.1) is 0 Å². The summed E-state index contributed by atoms with van der Waals surface area (Å²) in [4.78, 5) is 22.7. The van der Waals surface area contributed by atoms with Gasteiger partial charge in [0.15, 0.2) is 6.29 Å². The summed E-state index contributed by atoms with van der Waals surface area (Å²) in [6.07, 6.45) is 0.414. The predicted octanol–water partition coefficient (Wildman–Crippen LogP) is 2.92. The Morgan fingerprint density at radius 3 is 2.63 bits per heavy atom. The Balaban J connectivity index is 2.50. The van der Waals surface area contributed by atoms with Gasteiger partial charge in [-0.25, -0.2) is 4.79 Å². The van der Waals surface area contributed by atoms with Gasteiger partial charge in [0, 0.05) is 0 Å². The van der Waals surface area contributed by atoms with Gasteiger partial charge in [-0.2, -0.15) is 0 Å². The summed E-state index contributed by atoms with van der Waals surface area (Å²) in [6.45, 7) is 3.56. The van der Waals surface area contributed by atoms with E-state index in [-0.39, 0.29) is 17.4 Å². The van der Waals surface area contributed by atoms with Crippen molar-refractivity contribution < 1.29 is 19.4 Å². The standard InChI is InChI=1S/C15H14O4/c1-9(2)19-15(18)11-3-5-12-10(7-11)4-6-14(17)13(12)8-16/h3-9,17H,1-2H3. The van der Waals surface area contributed by atoms with Crippen molar-refractivity contribution in [2.45, 2.75) is 20.0 Å². The predicted molar refractivity (Wildman–Crippen MR) is 71.6 cm³/mol. The van der Waals surface area contributed by atoms with Crippen LogP contribution >= 0.6 is 0 Å². The lowest BCUT2D eigenvalue weighted by Gasteiger charge is -2.09. The number of phenols is 1. The Hall–Kier alpha value is -2.36. The topological polar surface area (TPSA) is 63.6 Å². The van der Waals surface area contributed by atoms with Gasteiger partial charge in [0.05, 0.1) is 17.2 Å². The van der Waals surface area contributed by atoms with Crippen LogP contribution in [0.1, 0.15) is 34.6 Å². The highest BCUT2D eigenvalue weighted by atomic mass is 16.5. The number of ether oxygens (including phenoxy) is 1. The van der Waals surface area contributed by atoms with Crippen LogP contribution in [0.4, 0.5) is 0 Å². The second kappa shape index (κ2) is 5.10. The van der Waals surface area contributed by atoms with Crippen LogP contribution in [0.3, 0.4) is 0 Å². The molecule has 4 heteroatoms. The number of hydrogen-bond donors (Lipinski definition) is 1. The summed E-state index contributed by atoms with van der Waals surface area (Å²) < 4.78 is 5.11. The lowest BCUT2D eigenvalue weighted by Crippen LogP contribution is -2.11. The normalized spacial score (nSPS) is 10.7. The van der Waals surface area contributed by atoms with Crippen LogP contribution < -0.4 is 0 Å².